The number of fused-ring (bicyclic) bond motifs is 3. The molecule has 3 N–H and O–H groups in total. The SMILES string of the molecule is CC(=O)Nc1ccc(-c2cccc(N(C)c3nc4nncn4c4cc(N)ccc34)c2)cc1. The lowest BCUT2D eigenvalue weighted by Crippen LogP contribution is -2.13. The standard InChI is InChI=1S/C24H21N7O/c1-15(32)27-19-9-6-16(7-10-19)17-4-3-5-20(12-17)30(2)23-21-11-8-18(25)13-22(21)31-14-26-29-24(31)28-23/h3-14H,25H2,1-2H3,(H,27,32). The molecule has 0 unspecified atom stereocenters. The molecule has 0 spiro atoms. The summed E-state index contributed by atoms with van der Waals surface area (Å²) < 4.78 is 1.83. The molecule has 0 aliphatic heterocycles. The molecule has 5 rings (SSSR count). The second kappa shape index (κ2) is 7.66. The Morgan fingerprint density at radius 1 is 1.03 bits per heavy atom. The van der Waals surface area contributed by atoms with Crippen LogP contribution in [0.5, 0.6) is 0 Å². The Bertz CT molecular complexity index is 1460. The molecule has 3 aromatic carbocycles. The van der Waals surface area contributed by atoms with Crippen LogP contribution in [0, 0.1) is 0 Å². The molecular weight excluding hydrogens is 402 g/mol. The van der Waals surface area contributed by atoms with Crippen molar-refractivity contribution < 1.29 is 4.79 Å². The summed E-state index contributed by atoms with van der Waals surface area (Å²) in [5.74, 6) is 1.18. The minimum absolute atomic E-state index is 0.0903. The fourth-order valence-electron chi connectivity index (χ4n) is 3.79. The maximum Gasteiger partial charge on any atom is 0.257 e. The Labute approximate surface area is 184 Å². The maximum absolute atomic E-state index is 11.3. The van der Waals surface area contributed by atoms with Crippen LogP contribution in [0.25, 0.3) is 27.8 Å². The Morgan fingerprint density at radius 2 is 1.84 bits per heavy atom. The molecule has 158 valence electrons. The fraction of sp³-hybridized carbons (Fsp3) is 0.0833. The van der Waals surface area contributed by atoms with E-state index in [2.05, 4.69) is 27.6 Å². The third-order valence-electron chi connectivity index (χ3n) is 5.35. The molecule has 0 atom stereocenters. The molecule has 8 heteroatoms. The van der Waals surface area contributed by atoms with Gasteiger partial charge in [0.2, 0.25) is 5.91 Å². The summed E-state index contributed by atoms with van der Waals surface area (Å²) in [5.41, 5.74) is 11.4. The van der Waals surface area contributed by atoms with Crippen LogP contribution in [-0.2, 0) is 4.79 Å². The Balaban J connectivity index is 1.56. The fourth-order valence-corrected chi connectivity index (χ4v) is 3.79. The van der Waals surface area contributed by atoms with E-state index in [1.807, 2.05) is 70.9 Å². The van der Waals surface area contributed by atoms with E-state index in [-0.39, 0.29) is 5.91 Å². The molecule has 2 heterocycles. The molecule has 0 aliphatic rings. The Hall–Kier alpha value is -4.46. The van der Waals surface area contributed by atoms with Gasteiger partial charge in [-0.2, -0.15) is 4.98 Å². The number of aromatic nitrogens is 4. The van der Waals surface area contributed by atoms with E-state index < -0.39 is 0 Å². The van der Waals surface area contributed by atoms with E-state index in [4.69, 9.17) is 10.7 Å². The number of hydrogen-bond donors (Lipinski definition) is 2. The lowest BCUT2D eigenvalue weighted by Gasteiger charge is -2.21. The molecule has 32 heavy (non-hydrogen) atoms. The summed E-state index contributed by atoms with van der Waals surface area (Å²) in [7, 11) is 1.98. The minimum Gasteiger partial charge on any atom is -0.399 e. The van der Waals surface area contributed by atoms with Crippen LogP contribution < -0.4 is 16.0 Å². The second-order valence-corrected chi connectivity index (χ2v) is 7.58. The predicted molar refractivity (Wildman–Crippen MR) is 127 cm³/mol. The van der Waals surface area contributed by atoms with Crippen molar-refractivity contribution in [3.05, 3.63) is 73.1 Å². The van der Waals surface area contributed by atoms with Gasteiger partial charge < -0.3 is 16.0 Å². The third-order valence-corrected chi connectivity index (χ3v) is 5.35. The first-order valence-corrected chi connectivity index (χ1v) is 10.1. The number of nitrogens with two attached hydrogens (primary N) is 1. The van der Waals surface area contributed by atoms with Gasteiger partial charge in [-0.05, 0) is 53.6 Å². The molecule has 5 aromatic rings. The lowest BCUT2D eigenvalue weighted by atomic mass is 10.0. The second-order valence-electron chi connectivity index (χ2n) is 7.58. The van der Waals surface area contributed by atoms with Gasteiger partial charge in [-0.25, -0.2) is 0 Å². The van der Waals surface area contributed by atoms with Crippen LogP contribution in [0.4, 0.5) is 22.9 Å². The zero-order valence-electron chi connectivity index (χ0n) is 17.6. The Morgan fingerprint density at radius 3 is 2.62 bits per heavy atom. The van der Waals surface area contributed by atoms with Gasteiger partial charge in [0.15, 0.2) is 0 Å². The smallest absolute Gasteiger partial charge is 0.257 e. The average Bonchev–Trinajstić information content (AvgIpc) is 3.27. The van der Waals surface area contributed by atoms with E-state index in [9.17, 15) is 4.79 Å². The van der Waals surface area contributed by atoms with Crippen molar-refractivity contribution in [2.45, 2.75) is 6.92 Å². The number of amides is 1. The number of carbonyl (C=O) groups excluding carboxylic acids is 1. The molecule has 0 saturated carbocycles. The van der Waals surface area contributed by atoms with E-state index in [1.165, 1.54) is 6.92 Å². The van der Waals surface area contributed by atoms with Crippen molar-refractivity contribution in [1.29, 1.82) is 0 Å². The number of benzene rings is 3. The molecule has 0 aliphatic carbocycles. The molecular formula is C24H21N7O. The zero-order valence-corrected chi connectivity index (χ0v) is 17.6. The summed E-state index contributed by atoms with van der Waals surface area (Å²) in [6.07, 6.45) is 1.64. The quantitative estimate of drug-likeness (QED) is 0.419. The summed E-state index contributed by atoms with van der Waals surface area (Å²) in [6, 6.07) is 21.7. The van der Waals surface area contributed by atoms with E-state index in [1.54, 1.807) is 6.33 Å². The highest BCUT2D eigenvalue weighted by Gasteiger charge is 2.15. The highest BCUT2D eigenvalue weighted by molar-refractivity contribution is 5.95. The van der Waals surface area contributed by atoms with Crippen molar-refractivity contribution >= 4 is 45.5 Å². The van der Waals surface area contributed by atoms with E-state index >= 15 is 0 Å². The number of anilines is 4. The van der Waals surface area contributed by atoms with Crippen molar-refractivity contribution in [2.24, 2.45) is 0 Å². The minimum atomic E-state index is -0.0903. The molecule has 0 bridgehead atoms. The molecule has 1 amide bonds. The van der Waals surface area contributed by atoms with Gasteiger partial charge in [-0.1, -0.05) is 24.3 Å². The first-order valence-electron chi connectivity index (χ1n) is 10.1. The Kier molecular flexibility index (Phi) is 4.67. The van der Waals surface area contributed by atoms with Crippen LogP contribution in [0.1, 0.15) is 6.92 Å². The topological polar surface area (TPSA) is 101 Å². The molecule has 0 fully saturated rings. The number of hydrogen-bond acceptors (Lipinski definition) is 6. The third kappa shape index (κ3) is 3.47. The van der Waals surface area contributed by atoms with Gasteiger partial charge in [0.25, 0.3) is 5.78 Å². The van der Waals surface area contributed by atoms with Gasteiger partial charge in [-0.3, -0.25) is 9.20 Å². The van der Waals surface area contributed by atoms with Gasteiger partial charge in [0, 0.05) is 36.4 Å². The van der Waals surface area contributed by atoms with Crippen LogP contribution in [0.3, 0.4) is 0 Å². The van der Waals surface area contributed by atoms with E-state index in [0.29, 0.717) is 11.5 Å². The van der Waals surface area contributed by atoms with Crippen molar-refractivity contribution in [1.82, 2.24) is 19.6 Å². The lowest BCUT2D eigenvalue weighted by molar-refractivity contribution is -0.114. The summed E-state index contributed by atoms with van der Waals surface area (Å²) in [5, 5.41) is 11.9. The maximum atomic E-state index is 11.3. The molecule has 8 nitrogen and oxygen atoms in total. The zero-order chi connectivity index (χ0) is 22.2. The van der Waals surface area contributed by atoms with Crippen LogP contribution in [-0.4, -0.2) is 32.5 Å². The van der Waals surface area contributed by atoms with Crippen molar-refractivity contribution in [3.8, 4) is 11.1 Å². The number of nitrogens with zero attached hydrogens (tertiary/aromatic N) is 5. The summed E-state index contributed by atoms with van der Waals surface area (Å²) >= 11 is 0. The van der Waals surface area contributed by atoms with Crippen LogP contribution in [0.15, 0.2) is 73.1 Å². The van der Waals surface area contributed by atoms with E-state index in [0.717, 1.165) is 39.2 Å². The number of rotatable bonds is 4. The highest BCUT2D eigenvalue weighted by atomic mass is 16.1. The highest BCUT2D eigenvalue weighted by Crippen LogP contribution is 2.33. The summed E-state index contributed by atoms with van der Waals surface area (Å²) in [4.78, 5) is 18.0. The monoisotopic (exact) mass is 423 g/mol. The largest absolute Gasteiger partial charge is 0.399 e. The van der Waals surface area contributed by atoms with Gasteiger partial charge in [0.1, 0.15) is 12.1 Å². The van der Waals surface area contributed by atoms with Gasteiger partial charge in [-0.15, -0.1) is 10.2 Å². The van der Waals surface area contributed by atoms with Crippen LogP contribution in [0.2, 0.25) is 0 Å². The normalized spacial score (nSPS) is 11.1. The predicted octanol–water partition coefficient (Wildman–Crippen LogP) is 4.25. The number of carbonyl (C=O) groups is 1. The summed E-state index contributed by atoms with van der Waals surface area (Å²) in [6.45, 7) is 1.50. The number of nitrogen functional groups attached to an aromatic ring is 1. The van der Waals surface area contributed by atoms with Gasteiger partial charge >= 0.3 is 0 Å². The van der Waals surface area contributed by atoms with Gasteiger partial charge in [0.05, 0.1) is 5.52 Å². The molecule has 2 aromatic heterocycles. The van der Waals surface area contributed by atoms with Crippen LogP contribution >= 0.6 is 0 Å². The number of nitrogens with one attached hydrogen (secondary N) is 1. The first-order chi connectivity index (χ1) is 15.5. The first kappa shape index (κ1) is 19.5. The average molecular weight is 423 g/mol. The van der Waals surface area contributed by atoms with Crippen molar-refractivity contribution in [2.75, 3.05) is 23.0 Å². The molecule has 0 saturated heterocycles. The van der Waals surface area contributed by atoms with Crippen molar-refractivity contribution in [3.63, 3.8) is 0 Å². The molecule has 0 radical (unpaired) electrons.